The molecule has 0 saturated carbocycles. The number of aliphatic hydroxyl groups excluding tert-OH is 1. The lowest BCUT2D eigenvalue weighted by Gasteiger charge is -2.16. The fraction of sp³-hybridized carbons (Fsp3) is 0.368. The summed E-state index contributed by atoms with van der Waals surface area (Å²) in [5, 5.41) is 10.5. The normalized spacial score (nSPS) is 12.2. The predicted molar refractivity (Wildman–Crippen MR) is 86.8 cm³/mol. The molecular weight excluding hydrogens is 260 g/mol. The first-order valence-corrected chi connectivity index (χ1v) is 7.57. The van der Waals surface area contributed by atoms with Gasteiger partial charge in [0.1, 0.15) is 5.75 Å². The maximum absolute atomic E-state index is 10.5. The quantitative estimate of drug-likeness (QED) is 0.853. The number of para-hydroxylation sites is 1. The van der Waals surface area contributed by atoms with Crippen molar-refractivity contribution in [2.75, 3.05) is 6.61 Å². The molecule has 112 valence electrons. The van der Waals surface area contributed by atoms with Crippen molar-refractivity contribution in [1.82, 2.24) is 0 Å². The smallest absolute Gasteiger partial charge is 0.125 e. The van der Waals surface area contributed by atoms with Crippen molar-refractivity contribution in [2.24, 2.45) is 0 Å². The molecule has 21 heavy (non-hydrogen) atoms. The molecule has 2 rings (SSSR count). The van der Waals surface area contributed by atoms with Gasteiger partial charge in [-0.2, -0.15) is 0 Å². The number of benzene rings is 2. The van der Waals surface area contributed by atoms with Crippen molar-refractivity contribution in [3.8, 4) is 5.75 Å². The van der Waals surface area contributed by atoms with Gasteiger partial charge in [-0.05, 0) is 43.0 Å². The van der Waals surface area contributed by atoms with Crippen LogP contribution in [0.4, 0.5) is 0 Å². The Morgan fingerprint density at radius 2 is 1.81 bits per heavy atom. The maximum atomic E-state index is 10.5. The van der Waals surface area contributed by atoms with Gasteiger partial charge in [0.15, 0.2) is 0 Å². The van der Waals surface area contributed by atoms with Crippen LogP contribution in [0.1, 0.15) is 41.7 Å². The van der Waals surface area contributed by atoms with E-state index in [4.69, 9.17) is 4.74 Å². The van der Waals surface area contributed by atoms with E-state index in [0.717, 1.165) is 23.3 Å². The molecule has 0 amide bonds. The van der Waals surface area contributed by atoms with Gasteiger partial charge in [-0.15, -0.1) is 0 Å². The van der Waals surface area contributed by atoms with Crippen LogP contribution < -0.4 is 4.74 Å². The Morgan fingerprint density at radius 1 is 1.05 bits per heavy atom. The Labute approximate surface area is 127 Å². The van der Waals surface area contributed by atoms with Gasteiger partial charge in [0.25, 0.3) is 0 Å². The minimum Gasteiger partial charge on any atom is -0.493 e. The van der Waals surface area contributed by atoms with Crippen LogP contribution in [0.5, 0.6) is 5.75 Å². The van der Waals surface area contributed by atoms with Crippen molar-refractivity contribution in [3.63, 3.8) is 0 Å². The molecule has 2 heteroatoms. The summed E-state index contributed by atoms with van der Waals surface area (Å²) >= 11 is 0. The first-order valence-electron chi connectivity index (χ1n) is 7.57. The lowest BCUT2D eigenvalue weighted by atomic mass is 9.98. The largest absolute Gasteiger partial charge is 0.493 e. The Hall–Kier alpha value is -1.80. The molecule has 0 aliphatic heterocycles. The topological polar surface area (TPSA) is 29.5 Å². The van der Waals surface area contributed by atoms with Gasteiger partial charge in [-0.1, -0.05) is 43.3 Å². The Morgan fingerprint density at radius 3 is 2.52 bits per heavy atom. The van der Waals surface area contributed by atoms with Crippen LogP contribution in [-0.4, -0.2) is 11.7 Å². The second-order valence-electron chi connectivity index (χ2n) is 5.52. The molecule has 0 spiro atoms. The van der Waals surface area contributed by atoms with E-state index in [-0.39, 0.29) is 0 Å². The fourth-order valence-electron chi connectivity index (χ4n) is 2.36. The van der Waals surface area contributed by atoms with Crippen LogP contribution in [0.15, 0.2) is 42.5 Å². The van der Waals surface area contributed by atoms with Crippen molar-refractivity contribution in [2.45, 2.75) is 39.7 Å². The van der Waals surface area contributed by atoms with E-state index < -0.39 is 6.10 Å². The van der Waals surface area contributed by atoms with E-state index in [1.54, 1.807) is 0 Å². The average Bonchev–Trinajstić information content (AvgIpc) is 2.49. The van der Waals surface area contributed by atoms with Gasteiger partial charge in [0.05, 0.1) is 12.7 Å². The first kappa shape index (κ1) is 15.6. The molecule has 0 heterocycles. The Balaban J connectivity index is 2.15. The summed E-state index contributed by atoms with van der Waals surface area (Å²) in [6, 6.07) is 14.1. The molecule has 0 aromatic heterocycles. The fourth-order valence-corrected chi connectivity index (χ4v) is 2.36. The van der Waals surface area contributed by atoms with Gasteiger partial charge in [0.2, 0.25) is 0 Å². The molecule has 0 aliphatic rings. The zero-order chi connectivity index (χ0) is 15.2. The van der Waals surface area contributed by atoms with E-state index in [9.17, 15) is 5.11 Å². The van der Waals surface area contributed by atoms with Crippen molar-refractivity contribution in [3.05, 3.63) is 64.7 Å². The van der Waals surface area contributed by atoms with Gasteiger partial charge < -0.3 is 9.84 Å². The number of aryl methyl sites for hydroxylation is 2. The van der Waals surface area contributed by atoms with Crippen LogP contribution in [0.3, 0.4) is 0 Å². The summed E-state index contributed by atoms with van der Waals surface area (Å²) in [5.74, 6) is 0.788. The molecule has 1 atom stereocenters. The lowest BCUT2D eigenvalue weighted by molar-refractivity contribution is 0.171. The second-order valence-corrected chi connectivity index (χ2v) is 5.52. The highest BCUT2D eigenvalue weighted by atomic mass is 16.5. The monoisotopic (exact) mass is 284 g/mol. The van der Waals surface area contributed by atoms with E-state index in [1.165, 1.54) is 11.1 Å². The van der Waals surface area contributed by atoms with E-state index in [1.807, 2.05) is 24.3 Å². The minimum atomic E-state index is -0.542. The molecule has 0 aliphatic carbocycles. The van der Waals surface area contributed by atoms with Crippen LogP contribution in [0.25, 0.3) is 0 Å². The average molecular weight is 284 g/mol. The van der Waals surface area contributed by atoms with Gasteiger partial charge in [-0.3, -0.25) is 0 Å². The number of hydrogen-bond acceptors (Lipinski definition) is 2. The van der Waals surface area contributed by atoms with Crippen molar-refractivity contribution < 1.29 is 9.84 Å². The van der Waals surface area contributed by atoms with Crippen LogP contribution in [0.2, 0.25) is 0 Å². The summed E-state index contributed by atoms with van der Waals surface area (Å²) in [6.45, 7) is 6.95. The molecule has 2 aromatic rings. The number of ether oxygens (including phenoxy) is 1. The van der Waals surface area contributed by atoms with Gasteiger partial charge in [-0.25, -0.2) is 0 Å². The highest BCUT2D eigenvalue weighted by molar-refractivity contribution is 5.37. The standard InChI is InChI=1S/C19H24O2/c1-4-11-21-19-8-6-5-7-17(19)18(20)13-16-10-9-14(2)15(3)12-16/h5-10,12,18,20H,4,11,13H2,1-3H3. The molecular formula is C19H24O2. The van der Waals surface area contributed by atoms with E-state index >= 15 is 0 Å². The van der Waals surface area contributed by atoms with Gasteiger partial charge in [0, 0.05) is 12.0 Å². The molecule has 0 bridgehead atoms. The van der Waals surface area contributed by atoms with Gasteiger partial charge >= 0.3 is 0 Å². The van der Waals surface area contributed by atoms with Crippen LogP contribution in [0, 0.1) is 13.8 Å². The molecule has 1 N–H and O–H groups in total. The third-order valence-corrected chi connectivity index (χ3v) is 3.74. The highest BCUT2D eigenvalue weighted by Gasteiger charge is 2.14. The molecule has 2 aromatic carbocycles. The third-order valence-electron chi connectivity index (χ3n) is 3.74. The van der Waals surface area contributed by atoms with Crippen molar-refractivity contribution in [1.29, 1.82) is 0 Å². The van der Waals surface area contributed by atoms with Crippen LogP contribution in [-0.2, 0) is 6.42 Å². The second kappa shape index (κ2) is 7.28. The summed E-state index contributed by atoms with van der Waals surface area (Å²) in [4.78, 5) is 0. The zero-order valence-corrected chi connectivity index (χ0v) is 13.1. The van der Waals surface area contributed by atoms with E-state index in [0.29, 0.717) is 13.0 Å². The minimum absolute atomic E-state index is 0.542. The highest BCUT2D eigenvalue weighted by Crippen LogP contribution is 2.28. The number of rotatable bonds is 6. The first-order chi connectivity index (χ1) is 10.1. The van der Waals surface area contributed by atoms with Crippen molar-refractivity contribution >= 4 is 0 Å². The molecule has 0 saturated heterocycles. The predicted octanol–water partition coefficient (Wildman–Crippen LogP) is 4.37. The van der Waals surface area contributed by atoms with Crippen LogP contribution >= 0.6 is 0 Å². The zero-order valence-electron chi connectivity index (χ0n) is 13.1. The van der Waals surface area contributed by atoms with E-state index in [2.05, 4.69) is 39.0 Å². The Kier molecular flexibility index (Phi) is 5.40. The maximum Gasteiger partial charge on any atom is 0.125 e. The number of aliphatic hydroxyl groups is 1. The Bertz CT molecular complexity index is 590. The summed E-state index contributed by atoms with van der Waals surface area (Å²) < 4.78 is 5.73. The molecule has 1 unspecified atom stereocenters. The molecule has 0 radical (unpaired) electrons. The molecule has 0 fully saturated rings. The number of hydrogen-bond donors (Lipinski definition) is 1. The lowest BCUT2D eigenvalue weighted by Crippen LogP contribution is -2.06. The summed E-state index contributed by atoms with van der Waals surface area (Å²) in [5.41, 5.74) is 4.55. The summed E-state index contributed by atoms with van der Waals surface area (Å²) in [7, 11) is 0. The third kappa shape index (κ3) is 4.08. The molecule has 2 nitrogen and oxygen atoms in total. The SMILES string of the molecule is CCCOc1ccccc1C(O)Cc1ccc(C)c(C)c1. The summed E-state index contributed by atoms with van der Waals surface area (Å²) in [6.07, 6.45) is 1.02.